The average molecular weight is 202 g/mol. The number of carbonyl (C=O) groups is 1. The monoisotopic (exact) mass is 202 g/mol. The third kappa shape index (κ3) is 4.55. The number of hydrogen-bond donors (Lipinski definition) is 4. The molecule has 1 fully saturated rings. The quantitative estimate of drug-likeness (QED) is 0.409. The van der Waals surface area contributed by atoms with E-state index in [1.165, 1.54) is 0 Å². The third-order valence-electron chi connectivity index (χ3n) is 2.17. The molecule has 0 heterocycles. The van der Waals surface area contributed by atoms with Crippen LogP contribution >= 0.6 is 0 Å². The van der Waals surface area contributed by atoms with Gasteiger partial charge in [-0.25, -0.2) is 0 Å². The molecule has 0 bridgehead atoms. The number of carbonyl (C=O) groups excluding carboxylic acids is 1. The van der Waals surface area contributed by atoms with Gasteiger partial charge in [0.2, 0.25) is 5.91 Å². The Labute approximate surface area is 83.5 Å². The molecule has 0 aromatic rings. The van der Waals surface area contributed by atoms with Gasteiger partial charge in [0.05, 0.1) is 19.3 Å². The van der Waals surface area contributed by atoms with Gasteiger partial charge in [0.1, 0.15) is 0 Å². The molecule has 0 aromatic heterocycles. The van der Waals surface area contributed by atoms with E-state index in [0.29, 0.717) is 19.0 Å². The largest absolute Gasteiger partial charge is 0.395 e. The minimum atomic E-state index is -0.316. The highest BCUT2D eigenvalue weighted by Crippen LogP contribution is 2.18. The number of aliphatic hydroxyl groups is 2. The van der Waals surface area contributed by atoms with Gasteiger partial charge in [0.15, 0.2) is 0 Å². The molecule has 0 unspecified atom stereocenters. The lowest BCUT2D eigenvalue weighted by Crippen LogP contribution is -2.38. The van der Waals surface area contributed by atoms with Crippen molar-refractivity contribution in [2.45, 2.75) is 31.3 Å². The number of amides is 1. The van der Waals surface area contributed by atoms with Crippen LogP contribution in [0.3, 0.4) is 0 Å². The molecule has 1 saturated carbocycles. The maximum atomic E-state index is 11.2. The molecule has 14 heavy (non-hydrogen) atoms. The van der Waals surface area contributed by atoms with Crippen LogP contribution in [-0.2, 0) is 4.79 Å². The van der Waals surface area contributed by atoms with Gasteiger partial charge in [0, 0.05) is 19.0 Å². The smallest absolute Gasteiger partial charge is 0.221 e. The van der Waals surface area contributed by atoms with Gasteiger partial charge in [-0.1, -0.05) is 0 Å². The van der Waals surface area contributed by atoms with E-state index >= 15 is 0 Å². The van der Waals surface area contributed by atoms with Crippen LogP contribution in [0.5, 0.6) is 0 Å². The molecule has 1 aliphatic carbocycles. The Hall–Kier alpha value is -0.650. The summed E-state index contributed by atoms with van der Waals surface area (Å²) in [6.45, 7) is 0.270. The predicted molar refractivity (Wildman–Crippen MR) is 51.7 cm³/mol. The molecule has 1 amide bonds. The van der Waals surface area contributed by atoms with Crippen molar-refractivity contribution in [3.63, 3.8) is 0 Å². The molecule has 1 rings (SSSR count). The summed E-state index contributed by atoms with van der Waals surface area (Å²) in [5, 5.41) is 23.2. The topological polar surface area (TPSA) is 81.6 Å². The van der Waals surface area contributed by atoms with Gasteiger partial charge in [-0.2, -0.15) is 0 Å². The van der Waals surface area contributed by atoms with Gasteiger partial charge in [-0.15, -0.1) is 0 Å². The summed E-state index contributed by atoms with van der Waals surface area (Å²) < 4.78 is 0. The molecule has 0 spiro atoms. The van der Waals surface area contributed by atoms with Gasteiger partial charge in [-0.3, -0.25) is 4.79 Å². The van der Waals surface area contributed by atoms with Gasteiger partial charge < -0.3 is 20.8 Å². The fraction of sp³-hybridized carbons (Fsp3) is 0.889. The van der Waals surface area contributed by atoms with Crippen molar-refractivity contribution >= 4 is 5.91 Å². The summed E-state index contributed by atoms with van der Waals surface area (Å²) in [5.41, 5.74) is 0. The Morgan fingerprint density at radius 1 is 1.36 bits per heavy atom. The van der Waals surface area contributed by atoms with Crippen molar-refractivity contribution in [2.24, 2.45) is 0 Å². The Kier molecular flexibility index (Phi) is 4.86. The molecule has 0 atom stereocenters. The summed E-state index contributed by atoms with van der Waals surface area (Å²) >= 11 is 0. The predicted octanol–water partition coefficient (Wildman–Crippen LogP) is -1.40. The van der Waals surface area contributed by atoms with Crippen molar-refractivity contribution in [1.82, 2.24) is 10.6 Å². The maximum absolute atomic E-state index is 11.2. The first-order chi connectivity index (χ1) is 6.76. The Bertz CT molecular complexity index is 179. The van der Waals surface area contributed by atoms with Crippen molar-refractivity contribution < 1.29 is 15.0 Å². The van der Waals surface area contributed by atoms with Gasteiger partial charge >= 0.3 is 0 Å². The summed E-state index contributed by atoms with van der Waals surface area (Å²) in [7, 11) is 0. The van der Waals surface area contributed by atoms with Crippen LogP contribution in [-0.4, -0.2) is 48.0 Å². The SMILES string of the molecule is O=C(CCNC(CO)CO)NC1CC1. The molecule has 0 aromatic carbocycles. The normalized spacial score (nSPS) is 15.9. The maximum Gasteiger partial charge on any atom is 0.221 e. The number of hydrogen-bond acceptors (Lipinski definition) is 4. The zero-order chi connectivity index (χ0) is 10.4. The minimum absolute atomic E-state index is 0.0367. The molecule has 5 heteroatoms. The van der Waals surface area contributed by atoms with E-state index in [1.54, 1.807) is 0 Å². The first kappa shape index (κ1) is 11.4. The highest BCUT2D eigenvalue weighted by atomic mass is 16.3. The first-order valence-corrected chi connectivity index (χ1v) is 5.00. The third-order valence-corrected chi connectivity index (χ3v) is 2.17. The van der Waals surface area contributed by atoms with Crippen LogP contribution < -0.4 is 10.6 Å². The molecule has 0 saturated heterocycles. The number of nitrogens with one attached hydrogen (secondary N) is 2. The van der Waals surface area contributed by atoms with E-state index in [9.17, 15) is 4.79 Å². The van der Waals surface area contributed by atoms with Crippen molar-refractivity contribution in [1.29, 1.82) is 0 Å². The number of aliphatic hydroxyl groups excluding tert-OH is 2. The lowest BCUT2D eigenvalue weighted by Gasteiger charge is -2.12. The van der Waals surface area contributed by atoms with Crippen LogP contribution in [0.1, 0.15) is 19.3 Å². The average Bonchev–Trinajstić information content (AvgIpc) is 2.96. The van der Waals surface area contributed by atoms with Crippen LogP contribution in [0, 0.1) is 0 Å². The van der Waals surface area contributed by atoms with Crippen LogP contribution in [0.2, 0.25) is 0 Å². The fourth-order valence-corrected chi connectivity index (χ4v) is 1.10. The summed E-state index contributed by atoms with van der Waals surface area (Å²) in [6, 6.07) is 0.0812. The zero-order valence-electron chi connectivity index (χ0n) is 8.20. The minimum Gasteiger partial charge on any atom is -0.395 e. The fourth-order valence-electron chi connectivity index (χ4n) is 1.10. The van der Waals surface area contributed by atoms with E-state index in [1.807, 2.05) is 0 Å². The molecule has 82 valence electrons. The second-order valence-corrected chi connectivity index (χ2v) is 3.61. The van der Waals surface area contributed by atoms with Crippen molar-refractivity contribution in [3.05, 3.63) is 0 Å². The van der Waals surface area contributed by atoms with Gasteiger partial charge in [-0.05, 0) is 12.8 Å². The Morgan fingerprint density at radius 2 is 2.00 bits per heavy atom. The summed E-state index contributed by atoms with van der Waals surface area (Å²) in [4.78, 5) is 11.2. The standard InChI is InChI=1S/C9H18N2O3/c12-5-8(6-13)10-4-3-9(14)11-7-1-2-7/h7-8,10,12-13H,1-6H2,(H,11,14). The second-order valence-electron chi connectivity index (χ2n) is 3.61. The van der Waals surface area contributed by atoms with E-state index in [-0.39, 0.29) is 25.2 Å². The molecular formula is C9H18N2O3. The van der Waals surface area contributed by atoms with E-state index in [4.69, 9.17) is 10.2 Å². The van der Waals surface area contributed by atoms with E-state index in [2.05, 4.69) is 10.6 Å². The molecular weight excluding hydrogens is 184 g/mol. The first-order valence-electron chi connectivity index (χ1n) is 5.00. The number of rotatable bonds is 7. The second kappa shape index (κ2) is 5.95. The Balaban J connectivity index is 1.98. The molecule has 0 aliphatic heterocycles. The lowest BCUT2D eigenvalue weighted by atomic mass is 10.3. The molecule has 5 nitrogen and oxygen atoms in total. The van der Waals surface area contributed by atoms with Crippen LogP contribution in [0.25, 0.3) is 0 Å². The van der Waals surface area contributed by atoms with E-state index < -0.39 is 0 Å². The van der Waals surface area contributed by atoms with E-state index in [0.717, 1.165) is 12.8 Å². The van der Waals surface area contributed by atoms with Crippen LogP contribution in [0.4, 0.5) is 0 Å². The molecule has 4 N–H and O–H groups in total. The molecule has 0 radical (unpaired) electrons. The lowest BCUT2D eigenvalue weighted by molar-refractivity contribution is -0.121. The summed E-state index contributed by atoms with van der Waals surface area (Å²) in [6.07, 6.45) is 2.58. The molecule has 1 aliphatic rings. The highest BCUT2D eigenvalue weighted by Gasteiger charge is 2.22. The highest BCUT2D eigenvalue weighted by molar-refractivity contribution is 5.76. The van der Waals surface area contributed by atoms with Crippen molar-refractivity contribution in [2.75, 3.05) is 19.8 Å². The Morgan fingerprint density at radius 3 is 2.50 bits per heavy atom. The van der Waals surface area contributed by atoms with Crippen molar-refractivity contribution in [3.8, 4) is 0 Å². The zero-order valence-corrected chi connectivity index (χ0v) is 8.20. The van der Waals surface area contributed by atoms with Gasteiger partial charge in [0.25, 0.3) is 0 Å². The van der Waals surface area contributed by atoms with Crippen LogP contribution in [0.15, 0.2) is 0 Å². The summed E-state index contributed by atoms with van der Waals surface area (Å²) in [5.74, 6) is 0.0367.